The van der Waals surface area contributed by atoms with Crippen molar-refractivity contribution in [3.63, 3.8) is 0 Å². The van der Waals surface area contributed by atoms with Crippen LogP contribution in [0.4, 0.5) is 5.69 Å². The Morgan fingerprint density at radius 2 is 2.00 bits per heavy atom. The molecular formula is C15H23N3O2. The predicted molar refractivity (Wildman–Crippen MR) is 80.0 cm³/mol. The number of piperazine rings is 1. The molecule has 0 unspecified atom stereocenters. The maximum atomic E-state index is 12.5. The van der Waals surface area contributed by atoms with Crippen LogP contribution in [0.3, 0.4) is 0 Å². The first-order valence-electron chi connectivity index (χ1n) is 7.11. The second-order valence-corrected chi connectivity index (χ2v) is 5.09. The fourth-order valence-corrected chi connectivity index (χ4v) is 2.52. The standard InChI is InChI=1S/C15H23N3O2/c1-3-6-17-7-9-18(10-8-17)15(19)12-4-5-13(16)14(11-12)20-2/h4-5,11H,3,6-10,16H2,1-2H3. The van der Waals surface area contributed by atoms with Crippen molar-refractivity contribution in [2.45, 2.75) is 13.3 Å². The number of rotatable bonds is 4. The van der Waals surface area contributed by atoms with Crippen molar-refractivity contribution in [3.05, 3.63) is 23.8 Å². The molecule has 1 aromatic rings. The molecular weight excluding hydrogens is 254 g/mol. The van der Waals surface area contributed by atoms with E-state index >= 15 is 0 Å². The summed E-state index contributed by atoms with van der Waals surface area (Å²) in [6.45, 7) is 6.75. The van der Waals surface area contributed by atoms with Crippen LogP contribution in [-0.4, -0.2) is 55.5 Å². The van der Waals surface area contributed by atoms with Gasteiger partial charge < -0.3 is 15.4 Å². The molecule has 0 spiro atoms. The molecule has 1 aliphatic heterocycles. The lowest BCUT2D eigenvalue weighted by Gasteiger charge is -2.34. The highest BCUT2D eigenvalue weighted by Crippen LogP contribution is 2.23. The van der Waals surface area contributed by atoms with Gasteiger partial charge in [0.1, 0.15) is 5.75 Å². The number of nitrogens with two attached hydrogens (primary N) is 1. The van der Waals surface area contributed by atoms with E-state index in [1.165, 1.54) is 0 Å². The number of amides is 1. The van der Waals surface area contributed by atoms with E-state index < -0.39 is 0 Å². The number of hydrogen-bond donors (Lipinski definition) is 1. The first kappa shape index (κ1) is 14.7. The van der Waals surface area contributed by atoms with Gasteiger partial charge >= 0.3 is 0 Å². The van der Waals surface area contributed by atoms with Crippen molar-refractivity contribution in [3.8, 4) is 5.75 Å². The zero-order valence-electron chi connectivity index (χ0n) is 12.3. The van der Waals surface area contributed by atoms with Crippen LogP contribution >= 0.6 is 0 Å². The van der Waals surface area contributed by atoms with E-state index in [0.29, 0.717) is 17.0 Å². The minimum atomic E-state index is 0.0550. The van der Waals surface area contributed by atoms with Gasteiger partial charge in [0.15, 0.2) is 0 Å². The second kappa shape index (κ2) is 6.61. The van der Waals surface area contributed by atoms with Gasteiger partial charge in [-0.05, 0) is 31.2 Å². The summed E-state index contributed by atoms with van der Waals surface area (Å²) in [7, 11) is 1.56. The lowest BCUT2D eigenvalue weighted by atomic mass is 10.1. The topological polar surface area (TPSA) is 58.8 Å². The molecule has 0 radical (unpaired) electrons. The number of benzene rings is 1. The van der Waals surface area contributed by atoms with Gasteiger partial charge in [-0.15, -0.1) is 0 Å². The van der Waals surface area contributed by atoms with Gasteiger partial charge in [0.25, 0.3) is 5.91 Å². The van der Waals surface area contributed by atoms with E-state index in [1.54, 1.807) is 25.3 Å². The summed E-state index contributed by atoms with van der Waals surface area (Å²) in [5.41, 5.74) is 6.97. The molecule has 1 amide bonds. The lowest BCUT2D eigenvalue weighted by molar-refractivity contribution is 0.0637. The van der Waals surface area contributed by atoms with E-state index in [9.17, 15) is 4.79 Å². The third kappa shape index (κ3) is 3.22. The Kier molecular flexibility index (Phi) is 4.84. The van der Waals surface area contributed by atoms with Crippen LogP contribution in [0.1, 0.15) is 23.7 Å². The van der Waals surface area contributed by atoms with Crippen LogP contribution in [0.5, 0.6) is 5.75 Å². The molecule has 5 nitrogen and oxygen atoms in total. The van der Waals surface area contributed by atoms with Gasteiger partial charge in [0.05, 0.1) is 12.8 Å². The Labute approximate surface area is 120 Å². The molecule has 1 fully saturated rings. The highest BCUT2D eigenvalue weighted by molar-refractivity contribution is 5.95. The Morgan fingerprint density at radius 3 is 2.60 bits per heavy atom. The normalized spacial score (nSPS) is 16.2. The quantitative estimate of drug-likeness (QED) is 0.846. The molecule has 1 aromatic carbocycles. The van der Waals surface area contributed by atoms with Crippen LogP contribution in [-0.2, 0) is 0 Å². The number of nitrogen functional groups attached to an aromatic ring is 1. The fraction of sp³-hybridized carbons (Fsp3) is 0.533. The van der Waals surface area contributed by atoms with Gasteiger partial charge in [-0.25, -0.2) is 0 Å². The van der Waals surface area contributed by atoms with Crippen LogP contribution in [0, 0.1) is 0 Å². The van der Waals surface area contributed by atoms with Crippen molar-refractivity contribution >= 4 is 11.6 Å². The Bertz CT molecular complexity index is 468. The molecule has 20 heavy (non-hydrogen) atoms. The Morgan fingerprint density at radius 1 is 1.30 bits per heavy atom. The number of carbonyl (C=O) groups excluding carboxylic acids is 1. The molecule has 0 aliphatic carbocycles. The minimum absolute atomic E-state index is 0.0550. The van der Waals surface area contributed by atoms with E-state index in [4.69, 9.17) is 10.5 Å². The molecule has 1 saturated heterocycles. The number of carbonyl (C=O) groups is 1. The molecule has 0 bridgehead atoms. The van der Waals surface area contributed by atoms with Gasteiger partial charge in [-0.1, -0.05) is 6.92 Å². The maximum absolute atomic E-state index is 12.5. The SMILES string of the molecule is CCCN1CCN(C(=O)c2ccc(N)c(OC)c2)CC1. The Balaban J connectivity index is 2.02. The summed E-state index contributed by atoms with van der Waals surface area (Å²) in [5.74, 6) is 0.611. The molecule has 0 atom stereocenters. The smallest absolute Gasteiger partial charge is 0.254 e. The summed E-state index contributed by atoms with van der Waals surface area (Å²) < 4.78 is 5.17. The first-order valence-corrected chi connectivity index (χ1v) is 7.11. The predicted octanol–water partition coefficient (Wildman–Crippen LogP) is 1.45. The van der Waals surface area contributed by atoms with Gasteiger partial charge in [0.2, 0.25) is 0 Å². The lowest BCUT2D eigenvalue weighted by Crippen LogP contribution is -2.48. The number of methoxy groups -OCH3 is 1. The van der Waals surface area contributed by atoms with Gasteiger partial charge in [-0.2, -0.15) is 0 Å². The number of ether oxygens (including phenoxy) is 1. The molecule has 0 saturated carbocycles. The van der Waals surface area contributed by atoms with Crippen LogP contribution in [0.25, 0.3) is 0 Å². The average Bonchev–Trinajstić information content (AvgIpc) is 2.48. The summed E-state index contributed by atoms with van der Waals surface area (Å²) in [6, 6.07) is 5.20. The third-order valence-electron chi connectivity index (χ3n) is 3.68. The molecule has 2 rings (SSSR count). The molecule has 1 heterocycles. The van der Waals surface area contributed by atoms with Gasteiger partial charge in [0, 0.05) is 31.7 Å². The maximum Gasteiger partial charge on any atom is 0.254 e. The zero-order chi connectivity index (χ0) is 14.5. The highest BCUT2D eigenvalue weighted by atomic mass is 16.5. The zero-order valence-corrected chi connectivity index (χ0v) is 12.3. The highest BCUT2D eigenvalue weighted by Gasteiger charge is 2.22. The van der Waals surface area contributed by atoms with Crippen LogP contribution in [0.15, 0.2) is 18.2 Å². The molecule has 0 aromatic heterocycles. The van der Waals surface area contributed by atoms with E-state index in [-0.39, 0.29) is 5.91 Å². The van der Waals surface area contributed by atoms with Crippen molar-refractivity contribution in [2.75, 3.05) is 45.6 Å². The van der Waals surface area contributed by atoms with E-state index in [2.05, 4.69) is 11.8 Å². The van der Waals surface area contributed by atoms with Crippen molar-refractivity contribution in [1.82, 2.24) is 9.80 Å². The molecule has 110 valence electrons. The van der Waals surface area contributed by atoms with E-state index in [1.807, 2.05) is 4.90 Å². The Hall–Kier alpha value is -1.75. The second-order valence-electron chi connectivity index (χ2n) is 5.09. The van der Waals surface area contributed by atoms with Crippen LogP contribution in [0.2, 0.25) is 0 Å². The molecule has 1 aliphatic rings. The van der Waals surface area contributed by atoms with E-state index in [0.717, 1.165) is 39.1 Å². The van der Waals surface area contributed by atoms with Crippen LogP contribution < -0.4 is 10.5 Å². The molecule has 2 N–H and O–H groups in total. The largest absolute Gasteiger partial charge is 0.495 e. The van der Waals surface area contributed by atoms with Gasteiger partial charge in [-0.3, -0.25) is 9.69 Å². The monoisotopic (exact) mass is 277 g/mol. The summed E-state index contributed by atoms with van der Waals surface area (Å²) >= 11 is 0. The summed E-state index contributed by atoms with van der Waals surface area (Å²) in [5, 5.41) is 0. The fourth-order valence-electron chi connectivity index (χ4n) is 2.52. The summed E-state index contributed by atoms with van der Waals surface area (Å²) in [4.78, 5) is 16.8. The van der Waals surface area contributed by atoms with Crippen molar-refractivity contribution < 1.29 is 9.53 Å². The third-order valence-corrected chi connectivity index (χ3v) is 3.68. The molecule has 5 heteroatoms. The first-order chi connectivity index (χ1) is 9.65. The number of anilines is 1. The average molecular weight is 277 g/mol. The summed E-state index contributed by atoms with van der Waals surface area (Å²) in [6.07, 6.45) is 1.16. The number of hydrogen-bond acceptors (Lipinski definition) is 4. The number of nitrogens with zero attached hydrogens (tertiary/aromatic N) is 2. The minimum Gasteiger partial charge on any atom is -0.495 e. The van der Waals surface area contributed by atoms with Crippen molar-refractivity contribution in [1.29, 1.82) is 0 Å². The van der Waals surface area contributed by atoms with Crippen molar-refractivity contribution in [2.24, 2.45) is 0 Å².